The van der Waals surface area contributed by atoms with E-state index in [0.29, 0.717) is 6.04 Å². The van der Waals surface area contributed by atoms with Crippen molar-refractivity contribution in [2.24, 2.45) is 0 Å². The van der Waals surface area contributed by atoms with Crippen LogP contribution < -0.4 is 10.6 Å². The SMILES string of the molecule is COCC(=O)N[C@H]1CCCNC1. The van der Waals surface area contributed by atoms with Gasteiger partial charge in [-0.15, -0.1) is 0 Å². The highest BCUT2D eigenvalue weighted by atomic mass is 16.5. The van der Waals surface area contributed by atoms with Crippen molar-refractivity contribution in [3.8, 4) is 0 Å². The fourth-order valence-electron chi connectivity index (χ4n) is 1.38. The molecule has 70 valence electrons. The molecule has 0 spiro atoms. The molecule has 0 aromatic rings. The molecule has 0 aromatic heterocycles. The minimum absolute atomic E-state index is 0.0220. The van der Waals surface area contributed by atoms with Gasteiger partial charge in [-0.2, -0.15) is 0 Å². The smallest absolute Gasteiger partial charge is 0.246 e. The third kappa shape index (κ3) is 3.19. The lowest BCUT2D eigenvalue weighted by molar-refractivity contribution is -0.125. The fraction of sp³-hybridized carbons (Fsp3) is 0.875. The molecule has 1 heterocycles. The Balaban J connectivity index is 2.15. The highest BCUT2D eigenvalue weighted by Gasteiger charge is 2.14. The van der Waals surface area contributed by atoms with Crippen LogP contribution in [0.15, 0.2) is 0 Å². The normalized spacial score (nSPS) is 23.6. The van der Waals surface area contributed by atoms with Gasteiger partial charge in [0.05, 0.1) is 0 Å². The van der Waals surface area contributed by atoms with E-state index in [1.807, 2.05) is 0 Å². The Morgan fingerprint density at radius 3 is 3.17 bits per heavy atom. The number of carbonyl (C=O) groups excluding carboxylic acids is 1. The van der Waals surface area contributed by atoms with Crippen LogP contribution in [0.1, 0.15) is 12.8 Å². The first-order valence-corrected chi connectivity index (χ1v) is 4.32. The van der Waals surface area contributed by atoms with Crippen molar-refractivity contribution >= 4 is 5.91 Å². The lowest BCUT2D eigenvalue weighted by atomic mass is 10.1. The zero-order valence-electron chi connectivity index (χ0n) is 7.43. The van der Waals surface area contributed by atoms with Crippen LogP contribution in [0.3, 0.4) is 0 Å². The molecule has 0 bridgehead atoms. The Kier molecular flexibility index (Phi) is 4.04. The van der Waals surface area contributed by atoms with E-state index in [1.165, 1.54) is 7.11 Å². The largest absolute Gasteiger partial charge is 0.375 e. The van der Waals surface area contributed by atoms with Crippen LogP contribution in [0.4, 0.5) is 0 Å². The topological polar surface area (TPSA) is 50.4 Å². The van der Waals surface area contributed by atoms with Gasteiger partial charge in [0.2, 0.25) is 5.91 Å². The van der Waals surface area contributed by atoms with Crippen molar-refractivity contribution in [2.45, 2.75) is 18.9 Å². The molecule has 1 rings (SSSR count). The number of carbonyl (C=O) groups is 1. The number of hydrogen-bond donors (Lipinski definition) is 2. The Bertz CT molecular complexity index is 144. The summed E-state index contributed by atoms with van der Waals surface area (Å²) in [5.74, 6) is -0.0220. The second kappa shape index (κ2) is 5.11. The van der Waals surface area contributed by atoms with Crippen LogP contribution >= 0.6 is 0 Å². The second-order valence-corrected chi connectivity index (χ2v) is 3.04. The van der Waals surface area contributed by atoms with Gasteiger partial charge in [-0.05, 0) is 19.4 Å². The van der Waals surface area contributed by atoms with Crippen molar-refractivity contribution in [3.05, 3.63) is 0 Å². The van der Waals surface area contributed by atoms with Crippen LogP contribution in [-0.4, -0.2) is 38.8 Å². The van der Waals surface area contributed by atoms with E-state index in [-0.39, 0.29) is 12.5 Å². The molecule has 1 atom stereocenters. The lowest BCUT2D eigenvalue weighted by Gasteiger charge is -2.23. The molecule has 0 aromatic carbocycles. The Labute approximate surface area is 72.7 Å². The van der Waals surface area contributed by atoms with Gasteiger partial charge in [0.1, 0.15) is 6.61 Å². The van der Waals surface area contributed by atoms with Crippen molar-refractivity contribution in [2.75, 3.05) is 26.8 Å². The number of hydrogen-bond acceptors (Lipinski definition) is 3. The van der Waals surface area contributed by atoms with Gasteiger partial charge in [-0.25, -0.2) is 0 Å². The van der Waals surface area contributed by atoms with E-state index in [2.05, 4.69) is 10.6 Å². The highest BCUT2D eigenvalue weighted by Crippen LogP contribution is 2.00. The molecule has 1 aliphatic rings. The maximum absolute atomic E-state index is 11.0. The van der Waals surface area contributed by atoms with Gasteiger partial charge >= 0.3 is 0 Å². The quantitative estimate of drug-likeness (QED) is 0.603. The summed E-state index contributed by atoms with van der Waals surface area (Å²) in [6.45, 7) is 2.11. The van der Waals surface area contributed by atoms with E-state index >= 15 is 0 Å². The van der Waals surface area contributed by atoms with Crippen LogP contribution in [0.2, 0.25) is 0 Å². The Hall–Kier alpha value is -0.610. The first-order chi connectivity index (χ1) is 5.83. The molecule has 4 heteroatoms. The number of piperidine rings is 1. The predicted molar refractivity (Wildman–Crippen MR) is 45.9 cm³/mol. The average Bonchev–Trinajstić information content (AvgIpc) is 2.06. The zero-order valence-corrected chi connectivity index (χ0v) is 7.43. The summed E-state index contributed by atoms with van der Waals surface area (Å²) < 4.78 is 4.71. The predicted octanol–water partition coefficient (Wildman–Crippen LogP) is -0.499. The molecular formula is C8H16N2O2. The second-order valence-electron chi connectivity index (χ2n) is 3.04. The minimum atomic E-state index is -0.0220. The molecule has 1 aliphatic heterocycles. The van der Waals surface area contributed by atoms with Crippen LogP contribution in [-0.2, 0) is 9.53 Å². The minimum Gasteiger partial charge on any atom is -0.375 e. The fourth-order valence-corrected chi connectivity index (χ4v) is 1.38. The molecule has 0 radical (unpaired) electrons. The maximum Gasteiger partial charge on any atom is 0.246 e. The summed E-state index contributed by atoms with van der Waals surface area (Å²) in [5, 5.41) is 6.12. The molecule has 0 aliphatic carbocycles. The van der Waals surface area contributed by atoms with Crippen molar-refractivity contribution < 1.29 is 9.53 Å². The number of rotatable bonds is 3. The van der Waals surface area contributed by atoms with Gasteiger partial charge in [0.15, 0.2) is 0 Å². The molecule has 0 unspecified atom stereocenters. The number of methoxy groups -OCH3 is 1. The van der Waals surface area contributed by atoms with Crippen molar-refractivity contribution in [3.63, 3.8) is 0 Å². The third-order valence-corrected chi connectivity index (χ3v) is 1.94. The standard InChI is InChI=1S/C8H16N2O2/c1-12-6-8(11)10-7-3-2-4-9-5-7/h7,9H,2-6H2,1H3,(H,10,11)/t7-/m0/s1. The summed E-state index contributed by atoms with van der Waals surface area (Å²) in [6, 6.07) is 0.293. The zero-order chi connectivity index (χ0) is 8.81. The first-order valence-electron chi connectivity index (χ1n) is 4.32. The maximum atomic E-state index is 11.0. The van der Waals surface area contributed by atoms with Gasteiger partial charge in [0, 0.05) is 19.7 Å². The summed E-state index contributed by atoms with van der Waals surface area (Å²) in [7, 11) is 1.53. The summed E-state index contributed by atoms with van der Waals surface area (Å²) in [4.78, 5) is 11.0. The summed E-state index contributed by atoms with van der Waals surface area (Å²) in [6.07, 6.45) is 2.21. The highest BCUT2D eigenvalue weighted by molar-refractivity contribution is 5.77. The molecule has 12 heavy (non-hydrogen) atoms. The number of amides is 1. The summed E-state index contributed by atoms with van der Waals surface area (Å²) in [5.41, 5.74) is 0. The lowest BCUT2D eigenvalue weighted by Crippen LogP contribution is -2.46. The van der Waals surface area contributed by atoms with Crippen molar-refractivity contribution in [1.82, 2.24) is 10.6 Å². The van der Waals surface area contributed by atoms with Crippen LogP contribution in [0.5, 0.6) is 0 Å². The van der Waals surface area contributed by atoms with E-state index in [4.69, 9.17) is 4.74 Å². The Morgan fingerprint density at radius 1 is 1.75 bits per heavy atom. The average molecular weight is 172 g/mol. The molecular weight excluding hydrogens is 156 g/mol. The van der Waals surface area contributed by atoms with E-state index in [0.717, 1.165) is 25.9 Å². The van der Waals surface area contributed by atoms with Crippen LogP contribution in [0.25, 0.3) is 0 Å². The molecule has 1 fully saturated rings. The van der Waals surface area contributed by atoms with Gasteiger partial charge in [-0.1, -0.05) is 0 Å². The van der Waals surface area contributed by atoms with Gasteiger partial charge in [0.25, 0.3) is 0 Å². The molecule has 2 N–H and O–H groups in total. The number of ether oxygens (including phenoxy) is 1. The monoisotopic (exact) mass is 172 g/mol. The number of nitrogens with one attached hydrogen (secondary N) is 2. The molecule has 1 saturated heterocycles. The third-order valence-electron chi connectivity index (χ3n) is 1.94. The summed E-state index contributed by atoms with van der Waals surface area (Å²) >= 11 is 0. The van der Waals surface area contributed by atoms with Gasteiger partial charge in [-0.3, -0.25) is 4.79 Å². The van der Waals surface area contributed by atoms with Crippen LogP contribution in [0, 0.1) is 0 Å². The van der Waals surface area contributed by atoms with E-state index in [1.54, 1.807) is 0 Å². The van der Waals surface area contributed by atoms with E-state index in [9.17, 15) is 4.79 Å². The van der Waals surface area contributed by atoms with E-state index < -0.39 is 0 Å². The molecule has 4 nitrogen and oxygen atoms in total. The first kappa shape index (κ1) is 9.48. The molecule has 1 amide bonds. The Morgan fingerprint density at radius 2 is 2.58 bits per heavy atom. The molecule has 0 saturated carbocycles. The van der Waals surface area contributed by atoms with Crippen molar-refractivity contribution in [1.29, 1.82) is 0 Å². The van der Waals surface area contributed by atoms with Gasteiger partial charge < -0.3 is 15.4 Å².